The fourth-order valence-electron chi connectivity index (χ4n) is 8.01. The van der Waals surface area contributed by atoms with E-state index in [0.717, 1.165) is 89.9 Å². The highest BCUT2D eigenvalue weighted by Gasteiger charge is 2.19. The van der Waals surface area contributed by atoms with Crippen LogP contribution in [-0.4, -0.2) is 37.2 Å². The van der Waals surface area contributed by atoms with E-state index in [2.05, 4.69) is 130 Å². The first kappa shape index (κ1) is 68.8. The number of esters is 3. The van der Waals surface area contributed by atoms with E-state index in [1.165, 1.54) is 122 Å². The van der Waals surface area contributed by atoms with Gasteiger partial charge in [-0.2, -0.15) is 0 Å². The zero-order valence-electron chi connectivity index (χ0n) is 47.4. The summed E-state index contributed by atoms with van der Waals surface area (Å²) in [4.78, 5) is 38.1. The normalized spacial score (nSPS) is 13.0. The van der Waals surface area contributed by atoms with E-state index in [1.54, 1.807) is 0 Å². The zero-order valence-corrected chi connectivity index (χ0v) is 47.4. The molecule has 6 nitrogen and oxygen atoms in total. The molecule has 0 saturated heterocycles. The summed E-state index contributed by atoms with van der Waals surface area (Å²) < 4.78 is 16.7. The molecule has 0 aliphatic rings. The summed E-state index contributed by atoms with van der Waals surface area (Å²) in [7, 11) is 0. The molecule has 0 bridgehead atoms. The number of unbranched alkanes of at least 4 members (excludes halogenated alkanes) is 22. The molecular weight excluding hydrogens is 901 g/mol. The van der Waals surface area contributed by atoms with Crippen molar-refractivity contribution >= 4 is 17.9 Å². The lowest BCUT2D eigenvalue weighted by atomic mass is 10.0. The zero-order chi connectivity index (χ0) is 52.9. The maximum Gasteiger partial charge on any atom is 0.306 e. The molecule has 0 aromatic heterocycles. The van der Waals surface area contributed by atoms with Gasteiger partial charge in [0.2, 0.25) is 0 Å². The third-order valence-corrected chi connectivity index (χ3v) is 12.4. The molecule has 0 heterocycles. The van der Waals surface area contributed by atoms with E-state index in [1.807, 2.05) is 12.2 Å². The predicted molar refractivity (Wildman–Crippen MR) is 316 cm³/mol. The van der Waals surface area contributed by atoms with Crippen LogP contribution in [0.1, 0.15) is 265 Å². The number of carbonyl (C=O) groups is 3. The SMILES string of the molecule is CC/C=C\C/C=C\C/C=C\C/C=C\CCCCC(=O)OC(COC(=O)CC/C=C\C/C=C\C/C=C\C/C=C\CC)COC(=O)CCCCCCCCCCCCCCCCC/C=C\C/C=C\CCCCCCC. The molecule has 0 amide bonds. The van der Waals surface area contributed by atoms with Gasteiger partial charge in [0.05, 0.1) is 0 Å². The Bertz CT molecular complexity index is 1540. The Hall–Kier alpha value is -4.19. The Kier molecular flexibility index (Phi) is 56.9. The standard InChI is InChI=1S/C67H110O6/c1-4-7-10-13-16-19-22-25-27-28-29-30-31-32-33-34-35-36-37-38-40-42-45-48-51-54-57-60-66(69)72-63-64(62-71-65(68)59-56-53-50-47-44-41-24-21-18-15-12-9-6-3)73-67(70)61-58-55-52-49-46-43-39-26-23-20-17-14-11-8-5-2/h8-9,11-12,17-18,20-22,25-26,28-29,39,41,44,46,49-50,53,64H,4-7,10,13-16,19,23-24,27,30-38,40,42-43,45,47-48,51-52,54-63H2,1-3H3/b11-8-,12-9-,20-17-,21-18-,25-22-,29-28-,39-26-,44-41-,49-46-,53-50-. The monoisotopic (exact) mass is 1010 g/mol. The maximum absolute atomic E-state index is 12.8. The van der Waals surface area contributed by atoms with Crippen molar-refractivity contribution in [2.75, 3.05) is 13.2 Å². The van der Waals surface area contributed by atoms with E-state index in [0.29, 0.717) is 19.3 Å². The maximum atomic E-state index is 12.8. The molecule has 6 heteroatoms. The van der Waals surface area contributed by atoms with Crippen molar-refractivity contribution in [3.05, 3.63) is 122 Å². The first-order valence-electron chi connectivity index (χ1n) is 30.0. The number of allylic oxidation sites excluding steroid dienone is 20. The van der Waals surface area contributed by atoms with E-state index in [4.69, 9.17) is 14.2 Å². The van der Waals surface area contributed by atoms with E-state index in [9.17, 15) is 14.4 Å². The van der Waals surface area contributed by atoms with Crippen LogP contribution in [-0.2, 0) is 28.6 Å². The van der Waals surface area contributed by atoms with Crippen LogP contribution >= 0.6 is 0 Å². The molecule has 73 heavy (non-hydrogen) atoms. The molecule has 414 valence electrons. The van der Waals surface area contributed by atoms with Gasteiger partial charge in [0.1, 0.15) is 13.2 Å². The Morgan fingerprint density at radius 2 is 0.562 bits per heavy atom. The minimum atomic E-state index is -0.831. The number of hydrogen-bond donors (Lipinski definition) is 0. The highest BCUT2D eigenvalue weighted by molar-refractivity contribution is 5.71. The van der Waals surface area contributed by atoms with E-state index in [-0.39, 0.29) is 44.0 Å². The van der Waals surface area contributed by atoms with E-state index < -0.39 is 6.10 Å². The molecule has 0 fully saturated rings. The quantitative estimate of drug-likeness (QED) is 0.0261. The van der Waals surface area contributed by atoms with Crippen molar-refractivity contribution in [1.82, 2.24) is 0 Å². The van der Waals surface area contributed by atoms with Crippen molar-refractivity contribution in [2.24, 2.45) is 0 Å². The van der Waals surface area contributed by atoms with Crippen molar-refractivity contribution in [2.45, 2.75) is 271 Å². The summed E-state index contributed by atoms with van der Waals surface area (Å²) in [6.45, 7) is 6.30. The molecule has 0 aliphatic carbocycles. The van der Waals surface area contributed by atoms with Crippen molar-refractivity contribution < 1.29 is 28.6 Å². The molecule has 0 N–H and O–H groups in total. The van der Waals surface area contributed by atoms with Crippen LogP contribution in [0.4, 0.5) is 0 Å². The van der Waals surface area contributed by atoms with Gasteiger partial charge in [-0.25, -0.2) is 0 Å². The molecule has 0 saturated carbocycles. The topological polar surface area (TPSA) is 78.9 Å². The van der Waals surface area contributed by atoms with Crippen LogP contribution < -0.4 is 0 Å². The van der Waals surface area contributed by atoms with Gasteiger partial charge in [0.25, 0.3) is 0 Å². The fourth-order valence-corrected chi connectivity index (χ4v) is 8.01. The molecular formula is C67H110O6. The molecule has 0 spiro atoms. The summed E-state index contributed by atoms with van der Waals surface area (Å²) in [6.07, 6.45) is 83.7. The van der Waals surface area contributed by atoms with Gasteiger partial charge in [-0.05, 0) is 116 Å². The second-order valence-electron chi connectivity index (χ2n) is 19.5. The average Bonchev–Trinajstić information content (AvgIpc) is 3.39. The van der Waals surface area contributed by atoms with Crippen LogP contribution in [0.5, 0.6) is 0 Å². The van der Waals surface area contributed by atoms with Gasteiger partial charge in [0.15, 0.2) is 6.10 Å². The van der Waals surface area contributed by atoms with Crippen LogP contribution in [0.3, 0.4) is 0 Å². The molecule has 1 atom stereocenters. The van der Waals surface area contributed by atoms with Crippen molar-refractivity contribution in [1.29, 1.82) is 0 Å². The smallest absolute Gasteiger partial charge is 0.306 e. The molecule has 0 aliphatic heterocycles. The summed E-state index contributed by atoms with van der Waals surface area (Å²) in [5.41, 5.74) is 0. The van der Waals surface area contributed by atoms with Crippen molar-refractivity contribution in [3.63, 3.8) is 0 Å². The fraction of sp³-hybridized carbons (Fsp3) is 0.657. The summed E-state index contributed by atoms with van der Waals surface area (Å²) in [5, 5.41) is 0. The van der Waals surface area contributed by atoms with Gasteiger partial charge in [0, 0.05) is 19.3 Å². The van der Waals surface area contributed by atoms with Crippen LogP contribution in [0.15, 0.2) is 122 Å². The Labute approximate surface area is 450 Å². The number of carbonyl (C=O) groups excluding carboxylic acids is 3. The summed E-state index contributed by atoms with van der Waals surface area (Å²) in [5.74, 6) is -1.05. The highest BCUT2D eigenvalue weighted by atomic mass is 16.6. The molecule has 1 unspecified atom stereocenters. The van der Waals surface area contributed by atoms with Gasteiger partial charge < -0.3 is 14.2 Å². The van der Waals surface area contributed by atoms with Gasteiger partial charge >= 0.3 is 17.9 Å². The number of ether oxygens (including phenoxy) is 3. The third kappa shape index (κ3) is 58.6. The lowest BCUT2D eigenvalue weighted by Gasteiger charge is -2.18. The van der Waals surface area contributed by atoms with Crippen molar-refractivity contribution in [3.8, 4) is 0 Å². The average molecular weight is 1010 g/mol. The summed E-state index contributed by atoms with van der Waals surface area (Å²) in [6, 6.07) is 0. The largest absolute Gasteiger partial charge is 0.462 e. The lowest BCUT2D eigenvalue weighted by molar-refractivity contribution is -0.166. The lowest BCUT2D eigenvalue weighted by Crippen LogP contribution is -2.30. The van der Waals surface area contributed by atoms with E-state index >= 15 is 0 Å². The predicted octanol–water partition coefficient (Wildman–Crippen LogP) is 20.4. The Morgan fingerprint density at radius 1 is 0.288 bits per heavy atom. The first-order valence-corrected chi connectivity index (χ1v) is 30.0. The van der Waals surface area contributed by atoms with Gasteiger partial charge in [-0.3, -0.25) is 14.4 Å². The highest BCUT2D eigenvalue weighted by Crippen LogP contribution is 2.15. The van der Waals surface area contributed by atoms with Gasteiger partial charge in [-0.1, -0.05) is 251 Å². The number of hydrogen-bond acceptors (Lipinski definition) is 6. The second-order valence-corrected chi connectivity index (χ2v) is 19.5. The minimum absolute atomic E-state index is 0.119. The Morgan fingerprint density at radius 3 is 0.945 bits per heavy atom. The van der Waals surface area contributed by atoms with Crippen LogP contribution in [0.25, 0.3) is 0 Å². The molecule has 0 radical (unpaired) electrons. The van der Waals surface area contributed by atoms with Crippen LogP contribution in [0.2, 0.25) is 0 Å². The third-order valence-electron chi connectivity index (χ3n) is 12.4. The number of rotatable bonds is 53. The second kappa shape index (κ2) is 60.4. The molecule has 0 rings (SSSR count). The molecule has 0 aromatic rings. The van der Waals surface area contributed by atoms with Gasteiger partial charge in [-0.15, -0.1) is 0 Å². The molecule has 0 aromatic carbocycles. The first-order chi connectivity index (χ1) is 36.0. The Balaban J connectivity index is 4.34. The summed E-state index contributed by atoms with van der Waals surface area (Å²) >= 11 is 0. The minimum Gasteiger partial charge on any atom is -0.462 e. The van der Waals surface area contributed by atoms with Crippen LogP contribution in [0, 0.1) is 0 Å².